The molecule has 1 aromatic heterocycles. The molecule has 3 aromatic rings. The van der Waals surface area contributed by atoms with Gasteiger partial charge in [0.1, 0.15) is 11.5 Å². The van der Waals surface area contributed by atoms with Gasteiger partial charge in [-0.3, -0.25) is 10.1 Å². The Kier molecular flexibility index (Phi) is 5.41. The van der Waals surface area contributed by atoms with Crippen molar-refractivity contribution in [2.75, 3.05) is 12.4 Å². The minimum Gasteiger partial charge on any atom is -0.507 e. The molecule has 148 valence electrons. The number of nitrogens with two attached hydrogens (primary N) is 1. The first kappa shape index (κ1) is 19.8. The molecule has 0 saturated heterocycles. The topological polar surface area (TPSA) is 157 Å². The fraction of sp³-hybridized carbons (Fsp3) is 0.0556. The molecule has 0 aliphatic carbocycles. The van der Waals surface area contributed by atoms with Gasteiger partial charge in [0, 0.05) is 29.5 Å². The Bertz CT molecular complexity index is 1120. The van der Waals surface area contributed by atoms with E-state index >= 15 is 0 Å². The molecule has 0 atom stereocenters. The first-order valence-electron chi connectivity index (χ1n) is 8.08. The van der Waals surface area contributed by atoms with E-state index in [0.717, 1.165) is 0 Å². The van der Waals surface area contributed by atoms with E-state index in [1.54, 1.807) is 12.1 Å². The second-order valence-corrected chi connectivity index (χ2v) is 6.23. The molecular weight excluding hydrogens is 398 g/mol. The van der Waals surface area contributed by atoms with Crippen molar-refractivity contribution in [3.63, 3.8) is 0 Å². The lowest BCUT2D eigenvalue weighted by Crippen LogP contribution is -2.20. The normalized spacial score (nSPS) is 10.4. The van der Waals surface area contributed by atoms with Crippen molar-refractivity contribution in [2.24, 2.45) is 5.73 Å². The molecule has 2 aromatic carbocycles. The molecule has 0 unspecified atom stereocenters. The first-order valence-corrected chi connectivity index (χ1v) is 8.49. The fourth-order valence-corrected chi connectivity index (χ4v) is 2.74. The van der Waals surface area contributed by atoms with Crippen LogP contribution < -0.4 is 15.8 Å². The highest BCUT2D eigenvalue weighted by Crippen LogP contribution is 2.39. The molecule has 1 heterocycles. The number of nitrogens with one attached hydrogen (secondary N) is 1. The summed E-state index contributed by atoms with van der Waals surface area (Å²) in [5.41, 5.74) is 6.32. The van der Waals surface area contributed by atoms with E-state index in [-0.39, 0.29) is 22.5 Å². The number of aromatic nitrogens is 2. The van der Waals surface area contributed by atoms with Crippen LogP contribution in [0, 0.1) is 10.1 Å². The van der Waals surface area contributed by atoms with Crippen LogP contribution in [0.25, 0.3) is 22.4 Å². The van der Waals surface area contributed by atoms with Crippen molar-refractivity contribution in [1.29, 1.82) is 0 Å². The number of ether oxygens (including phenoxy) is 1. The van der Waals surface area contributed by atoms with Crippen molar-refractivity contribution >= 4 is 29.0 Å². The number of hydrogen-bond acceptors (Lipinski definition) is 8. The van der Waals surface area contributed by atoms with E-state index in [1.165, 1.54) is 37.6 Å². The molecule has 0 saturated carbocycles. The highest BCUT2D eigenvalue weighted by atomic mass is 32.1. The molecule has 29 heavy (non-hydrogen) atoms. The number of anilines is 1. The van der Waals surface area contributed by atoms with Crippen LogP contribution >= 0.6 is 12.2 Å². The van der Waals surface area contributed by atoms with Crippen LogP contribution in [0.15, 0.2) is 42.6 Å². The summed E-state index contributed by atoms with van der Waals surface area (Å²) in [4.78, 5) is 18.9. The van der Waals surface area contributed by atoms with E-state index in [1.807, 2.05) is 0 Å². The van der Waals surface area contributed by atoms with Gasteiger partial charge in [-0.1, -0.05) is 6.07 Å². The molecular formula is C18H15N5O5S. The molecule has 10 nitrogen and oxygen atoms in total. The number of hydrogen-bond donors (Lipinski definition) is 4. The third kappa shape index (κ3) is 4.14. The summed E-state index contributed by atoms with van der Waals surface area (Å²) in [7, 11) is 1.46. The maximum Gasteiger partial charge on any atom is 0.311 e. The number of nitrogens with zero attached hydrogens (tertiary/aromatic N) is 3. The summed E-state index contributed by atoms with van der Waals surface area (Å²) in [6.45, 7) is 0. The number of rotatable bonds is 5. The van der Waals surface area contributed by atoms with E-state index in [2.05, 4.69) is 15.3 Å². The molecule has 0 aliphatic heterocycles. The summed E-state index contributed by atoms with van der Waals surface area (Å²) in [5, 5.41) is 33.9. The lowest BCUT2D eigenvalue weighted by molar-refractivity contribution is -0.385. The quantitative estimate of drug-likeness (QED) is 0.278. The van der Waals surface area contributed by atoms with Crippen molar-refractivity contribution in [3.8, 4) is 39.6 Å². The first-order chi connectivity index (χ1) is 13.8. The molecule has 0 spiro atoms. The molecule has 0 bridgehead atoms. The Labute approximate surface area is 169 Å². The number of phenols is 2. The number of thiocarbonyl (C=S) groups is 1. The highest BCUT2D eigenvalue weighted by molar-refractivity contribution is 7.80. The number of nitro groups is 1. The van der Waals surface area contributed by atoms with E-state index in [4.69, 9.17) is 22.7 Å². The molecule has 11 heteroatoms. The zero-order valence-electron chi connectivity index (χ0n) is 15.0. The van der Waals surface area contributed by atoms with Gasteiger partial charge in [0.25, 0.3) is 0 Å². The number of nitro benzene ring substituents is 1. The maximum atomic E-state index is 11.2. The number of aromatic hydroxyl groups is 2. The zero-order chi connectivity index (χ0) is 21.1. The lowest BCUT2D eigenvalue weighted by atomic mass is 9.99. The molecule has 0 amide bonds. The number of benzene rings is 2. The van der Waals surface area contributed by atoms with E-state index < -0.39 is 16.4 Å². The van der Waals surface area contributed by atoms with Crippen LogP contribution in [0.2, 0.25) is 0 Å². The van der Waals surface area contributed by atoms with Gasteiger partial charge < -0.3 is 26.0 Å². The van der Waals surface area contributed by atoms with Crippen LogP contribution in [0.1, 0.15) is 0 Å². The number of methoxy groups -OCH3 is 1. The van der Waals surface area contributed by atoms with Crippen LogP contribution in [-0.2, 0) is 0 Å². The summed E-state index contributed by atoms with van der Waals surface area (Å²) in [6.07, 6.45) is 1.41. The minimum absolute atomic E-state index is 0.0528. The Morgan fingerprint density at radius 3 is 2.59 bits per heavy atom. The predicted octanol–water partition coefficient (Wildman–Crippen LogP) is 2.79. The largest absolute Gasteiger partial charge is 0.507 e. The van der Waals surface area contributed by atoms with E-state index in [0.29, 0.717) is 22.4 Å². The van der Waals surface area contributed by atoms with Crippen molar-refractivity contribution < 1.29 is 19.9 Å². The zero-order valence-corrected chi connectivity index (χ0v) is 15.8. The van der Waals surface area contributed by atoms with Gasteiger partial charge in [0.15, 0.2) is 10.9 Å². The second-order valence-electron chi connectivity index (χ2n) is 5.79. The van der Waals surface area contributed by atoms with Gasteiger partial charge >= 0.3 is 5.69 Å². The highest BCUT2D eigenvalue weighted by Gasteiger charge is 2.20. The fourth-order valence-electron chi connectivity index (χ4n) is 2.64. The van der Waals surface area contributed by atoms with Gasteiger partial charge in [0.2, 0.25) is 5.95 Å². The Hall–Kier alpha value is -3.99. The standard InChI is InChI=1S/C18H15N5O5S/c1-28-10-3-4-11(15(25)7-10)16-12(8-20-18(21-16)22-17(19)29)9-2-5-14(24)13(6-9)23(26)27/h2-8,24-25H,1H3,(H3,19,20,21,22,29). The molecule has 5 N–H and O–H groups in total. The second kappa shape index (κ2) is 7.94. The Morgan fingerprint density at radius 1 is 1.21 bits per heavy atom. The third-order valence-corrected chi connectivity index (χ3v) is 4.07. The predicted molar refractivity (Wildman–Crippen MR) is 110 cm³/mol. The van der Waals surface area contributed by atoms with Crippen LogP contribution in [0.5, 0.6) is 17.2 Å². The third-order valence-electron chi connectivity index (χ3n) is 3.97. The van der Waals surface area contributed by atoms with E-state index in [9.17, 15) is 20.3 Å². The Morgan fingerprint density at radius 2 is 1.97 bits per heavy atom. The molecule has 0 radical (unpaired) electrons. The van der Waals surface area contributed by atoms with Crippen LogP contribution in [0.3, 0.4) is 0 Å². The van der Waals surface area contributed by atoms with Gasteiger partial charge in [-0.15, -0.1) is 0 Å². The SMILES string of the molecule is COc1ccc(-c2nc(NC(N)=S)ncc2-c2ccc(O)c([N+](=O)[O-])c2)c(O)c1. The summed E-state index contributed by atoms with van der Waals surface area (Å²) >= 11 is 4.80. The van der Waals surface area contributed by atoms with Crippen molar-refractivity contribution in [2.45, 2.75) is 0 Å². The van der Waals surface area contributed by atoms with Gasteiger partial charge in [0.05, 0.1) is 17.7 Å². The van der Waals surface area contributed by atoms with Crippen LogP contribution in [0.4, 0.5) is 11.6 Å². The smallest absolute Gasteiger partial charge is 0.311 e. The summed E-state index contributed by atoms with van der Waals surface area (Å²) in [5.74, 6) is -0.0810. The average Bonchev–Trinajstić information content (AvgIpc) is 2.67. The molecule has 0 aliphatic rings. The lowest BCUT2D eigenvalue weighted by Gasteiger charge is -2.13. The van der Waals surface area contributed by atoms with Gasteiger partial charge in [-0.2, -0.15) is 0 Å². The minimum atomic E-state index is -0.701. The van der Waals surface area contributed by atoms with Crippen LogP contribution in [-0.4, -0.2) is 37.3 Å². The number of phenolic OH excluding ortho intramolecular Hbond substituents is 2. The average molecular weight is 413 g/mol. The van der Waals surface area contributed by atoms with Gasteiger partial charge in [-0.25, -0.2) is 9.97 Å². The van der Waals surface area contributed by atoms with Gasteiger partial charge in [-0.05, 0) is 36.0 Å². The molecule has 3 rings (SSSR count). The monoisotopic (exact) mass is 413 g/mol. The summed E-state index contributed by atoms with van der Waals surface area (Å²) in [6, 6.07) is 8.48. The van der Waals surface area contributed by atoms with Crippen molar-refractivity contribution in [3.05, 3.63) is 52.7 Å². The maximum absolute atomic E-state index is 11.2. The summed E-state index contributed by atoms with van der Waals surface area (Å²) < 4.78 is 5.09. The van der Waals surface area contributed by atoms with Crippen molar-refractivity contribution in [1.82, 2.24) is 9.97 Å². The molecule has 0 fully saturated rings. The Balaban J connectivity index is 2.24.